The first-order chi connectivity index (χ1) is 20.8. The quantitative estimate of drug-likeness (QED) is 0.318. The average molecular weight is 631 g/mol. The van der Waals surface area contributed by atoms with Gasteiger partial charge in [-0.25, -0.2) is 0 Å². The number of hydrogen-bond donors (Lipinski definition) is 1. The fourth-order valence-electron chi connectivity index (χ4n) is 13.6. The van der Waals surface area contributed by atoms with Gasteiger partial charge in [-0.3, -0.25) is 14.4 Å². The molecule has 5 saturated carbocycles. The molecule has 1 N–H and O–H groups in total. The van der Waals surface area contributed by atoms with Crippen molar-refractivity contribution in [2.75, 3.05) is 6.61 Å². The van der Waals surface area contributed by atoms with Crippen LogP contribution in [0.4, 0.5) is 0 Å². The number of hydrogen-bond acceptors (Lipinski definition) is 9. The molecule has 0 aromatic carbocycles. The number of esters is 3. The van der Waals surface area contributed by atoms with Crippen molar-refractivity contribution in [2.45, 2.75) is 155 Å². The number of rotatable bonds is 4. The third kappa shape index (κ3) is 3.75. The lowest BCUT2D eigenvalue weighted by Gasteiger charge is -2.64. The van der Waals surface area contributed by atoms with E-state index in [1.54, 1.807) is 13.8 Å². The molecule has 0 amide bonds. The van der Waals surface area contributed by atoms with Gasteiger partial charge in [0.1, 0.15) is 23.9 Å². The fourth-order valence-corrected chi connectivity index (χ4v) is 13.6. The van der Waals surface area contributed by atoms with Crippen molar-refractivity contribution in [1.29, 1.82) is 0 Å². The Bertz CT molecular complexity index is 1320. The molecule has 5 aliphatic carbocycles. The molecule has 0 radical (unpaired) electrons. The molecule has 9 nitrogen and oxygen atoms in total. The molecule has 0 aromatic heterocycles. The van der Waals surface area contributed by atoms with Gasteiger partial charge < -0.3 is 28.8 Å². The van der Waals surface area contributed by atoms with Gasteiger partial charge in [-0.2, -0.15) is 0 Å². The lowest BCUT2D eigenvalue weighted by atomic mass is 9.41. The van der Waals surface area contributed by atoms with Crippen LogP contribution in [0.5, 0.6) is 0 Å². The monoisotopic (exact) mass is 630 g/mol. The van der Waals surface area contributed by atoms with E-state index in [0.717, 1.165) is 44.9 Å². The molecule has 0 aromatic rings. The molecule has 45 heavy (non-hydrogen) atoms. The van der Waals surface area contributed by atoms with E-state index < -0.39 is 46.0 Å². The summed E-state index contributed by atoms with van der Waals surface area (Å²) in [6, 6.07) is 0. The van der Waals surface area contributed by atoms with E-state index in [0.29, 0.717) is 25.4 Å². The maximum absolute atomic E-state index is 12.9. The van der Waals surface area contributed by atoms with Crippen molar-refractivity contribution < 1.29 is 43.2 Å². The SMILES string of the molecule is CC(=O)O[C@H]1[C@@H](OC(C)=O)[C@@]2(C)[C@@H]3CC[C@H]4C(C)(C)[C@@H](OC(C)=O)CC[C@@]45C[C@@]35CC[C@@]23CO[C@@]2(C(C)(C)O)CC[C@](C)(O2)[C@@H]13. The molecular formula is C36H54O9. The molecule has 0 unspecified atom stereocenters. The Morgan fingerprint density at radius 1 is 0.756 bits per heavy atom. The topological polar surface area (TPSA) is 118 Å². The zero-order chi connectivity index (χ0) is 32.8. The molecular weight excluding hydrogens is 576 g/mol. The summed E-state index contributed by atoms with van der Waals surface area (Å²) in [7, 11) is 0. The molecule has 7 aliphatic rings. The van der Waals surface area contributed by atoms with Crippen molar-refractivity contribution in [2.24, 2.45) is 44.8 Å². The lowest BCUT2D eigenvalue weighted by Crippen LogP contribution is -2.63. The van der Waals surface area contributed by atoms with Gasteiger partial charge in [0.2, 0.25) is 0 Å². The zero-order valence-corrected chi connectivity index (χ0v) is 28.7. The maximum atomic E-state index is 12.9. The summed E-state index contributed by atoms with van der Waals surface area (Å²) in [5, 5.41) is 11.4. The van der Waals surface area contributed by atoms with Crippen molar-refractivity contribution in [3.8, 4) is 0 Å². The van der Waals surface area contributed by atoms with E-state index >= 15 is 0 Å². The molecule has 2 heterocycles. The third-order valence-electron chi connectivity index (χ3n) is 15.2. The Balaban J connectivity index is 1.36. The van der Waals surface area contributed by atoms with Gasteiger partial charge in [0.15, 0.2) is 5.79 Å². The minimum absolute atomic E-state index is 0.0590. The maximum Gasteiger partial charge on any atom is 0.303 e. The standard InChI is InChI=1S/C36H54O9/c1-20(37)42-25-12-13-33-18-34(33)15-16-35-19-41-36(30(6,7)40)17-14-31(8,45-36)27(35)26(43-21(2)38)28(44-22(3)39)32(35,9)24(34)11-10-23(33)29(25,4)5/h23-28,40H,10-19H2,1-9H3/t23-,24-,25-,26+,27+,28+,31-,32+,33+,34-,35-,36-/m0/s1. The Morgan fingerprint density at radius 2 is 1.36 bits per heavy atom. The van der Waals surface area contributed by atoms with E-state index in [4.69, 9.17) is 23.7 Å². The van der Waals surface area contributed by atoms with Gasteiger partial charge in [0.25, 0.3) is 0 Å². The van der Waals surface area contributed by atoms with Crippen molar-refractivity contribution in [3.63, 3.8) is 0 Å². The van der Waals surface area contributed by atoms with Gasteiger partial charge in [0.05, 0.1) is 12.2 Å². The van der Waals surface area contributed by atoms with Gasteiger partial charge >= 0.3 is 17.9 Å². The van der Waals surface area contributed by atoms with Gasteiger partial charge in [-0.1, -0.05) is 20.8 Å². The number of aliphatic hydroxyl groups is 1. The molecule has 9 heteroatoms. The third-order valence-corrected chi connectivity index (χ3v) is 15.2. The van der Waals surface area contributed by atoms with E-state index in [-0.39, 0.29) is 46.1 Å². The fraction of sp³-hybridized carbons (Fsp3) is 0.917. The van der Waals surface area contributed by atoms with Crippen LogP contribution in [0.2, 0.25) is 0 Å². The Labute approximate surface area is 267 Å². The first kappa shape index (κ1) is 31.9. The second kappa shape index (κ2) is 9.25. The average Bonchev–Trinajstić information content (AvgIpc) is 3.40. The van der Waals surface area contributed by atoms with Crippen LogP contribution in [0.25, 0.3) is 0 Å². The minimum Gasteiger partial charge on any atom is -0.462 e. The van der Waals surface area contributed by atoms with E-state index in [1.807, 2.05) is 0 Å². The summed E-state index contributed by atoms with van der Waals surface area (Å²) in [6.07, 6.45) is 6.53. The highest BCUT2D eigenvalue weighted by Gasteiger charge is 2.88. The van der Waals surface area contributed by atoms with Crippen LogP contribution in [0.1, 0.15) is 120 Å². The molecule has 2 bridgehead atoms. The number of ether oxygens (including phenoxy) is 5. The predicted octanol–water partition coefficient (Wildman–Crippen LogP) is 5.49. The van der Waals surface area contributed by atoms with E-state index in [2.05, 4.69) is 27.7 Å². The van der Waals surface area contributed by atoms with Crippen LogP contribution in [-0.4, -0.2) is 64.9 Å². The van der Waals surface area contributed by atoms with Crippen LogP contribution in [0.3, 0.4) is 0 Å². The van der Waals surface area contributed by atoms with Crippen molar-refractivity contribution in [3.05, 3.63) is 0 Å². The summed E-state index contributed by atoms with van der Waals surface area (Å²) in [5.74, 6) is -1.81. The Morgan fingerprint density at radius 3 is 1.98 bits per heavy atom. The minimum atomic E-state index is -1.25. The predicted molar refractivity (Wildman–Crippen MR) is 162 cm³/mol. The van der Waals surface area contributed by atoms with Gasteiger partial charge in [0, 0.05) is 49.4 Å². The van der Waals surface area contributed by atoms with Crippen LogP contribution in [-0.2, 0) is 38.1 Å². The molecule has 7 rings (SSSR count). The lowest BCUT2D eigenvalue weighted by molar-refractivity contribution is -0.316. The second-order valence-corrected chi connectivity index (χ2v) is 17.7. The molecule has 12 atom stereocenters. The molecule has 2 aliphatic heterocycles. The largest absolute Gasteiger partial charge is 0.462 e. The summed E-state index contributed by atoms with van der Waals surface area (Å²) in [4.78, 5) is 37.8. The van der Waals surface area contributed by atoms with E-state index in [9.17, 15) is 19.5 Å². The Kier molecular flexibility index (Phi) is 6.55. The van der Waals surface area contributed by atoms with Crippen molar-refractivity contribution >= 4 is 17.9 Å². The highest BCUT2D eigenvalue weighted by Crippen LogP contribution is 2.90. The molecule has 3 spiro atoms. The second-order valence-electron chi connectivity index (χ2n) is 17.7. The summed E-state index contributed by atoms with van der Waals surface area (Å²) in [6.45, 7) is 17.2. The highest BCUT2D eigenvalue weighted by atomic mass is 16.7. The first-order valence-corrected chi connectivity index (χ1v) is 17.3. The zero-order valence-electron chi connectivity index (χ0n) is 28.7. The van der Waals surface area contributed by atoms with Crippen LogP contribution < -0.4 is 0 Å². The van der Waals surface area contributed by atoms with Crippen molar-refractivity contribution in [1.82, 2.24) is 0 Å². The number of fused-ring (bicyclic) bond motifs is 4. The van der Waals surface area contributed by atoms with Crippen LogP contribution >= 0.6 is 0 Å². The first-order valence-electron chi connectivity index (χ1n) is 17.3. The van der Waals surface area contributed by atoms with Crippen LogP contribution in [0.15, 0.2) is 0 Å². The van der Waals surface area contributed by atoms with Gasteiger partial charge in [-0.05, 0) is 94.8 Å². The highest BCUT2D eigenvalue weighted by molar-refractivity contribution is 5.68. The normalized spacial score (nSPS) is 52.1. The smallest absolute Gasteiger partial charge is 0.303 e. The molecule has 7 fully saturated rings. The van der Waals surface area contributed by atoms with E-state index in [1.165, 1.54) is 20.8 Å². The number of carbonyl (C=O) groups excluding carboxylic acids is 3. The summed E-state index contributed by atoms with van der Waals surface area (Å²) < 4.78 is 32.4. The molecule has 2 saturated heterocycles. The number of carbonyl (C=O) groups is 3. The summed E-state index contributed by atoms with van der Waals surface area (Å²) in [5.41, 5.74) is -3.04. The van der Waals surface area contributed by atoms with Crippen LogP contribution in [0, 0.1) is 44.8 Å². The Hall–Kier alpha value is -1.71. The summed E-state index contributed by atoms with van der Waals surface area (Å²) >= 11 is 0. The molecule has 252 valence electrons. The van der Waals surface area contributed by atoms with Gasteiger partial charge in [-0.15, -0.1) is 0 Å².